The molecule has 4 rings (SSSR count). The van der Waals surface area contributed by atoms with E-state index in [1.54, 1.807) is 18.2 Å². The van der Waals surface area contributed by atoms with Crippen molar-refractivity contribution in [3.05, 3.63) is 71.0 Å². The summed E-state index contributed by atoms with van der Waals surface area (Å²) in [6, 6.07) is 10.4. The van der Waals surface area contributed by atoms with Crippen molar-refractivity contribution in [3.8, 4) is 17.1 Å². The van der Waals surface area contributed by atoms with Crippen LogP contribution in [0.5, 0.6) is 5.88 Å². The molecule has 9 nitrogen and oxygen atoms in total. The normalized spacial score (nSPS) is 15.0. The van der Waals surface area contributed by atoms with Crippen molar-refractivity contribution in [2.75, 3.05) is 11.1 Å². The zero-order chi connectivity index (χ0) is 20.2. The third kappa shape index (κ3) is 4.11. The summed E-state index contributed by atoms with van der Waals surface area (Å²) in [5.41, 5.74) is 2.14. The summed E-state index contributed by atoms with van der Waals surface area (Å²) in [5, 5.41) is 23.0. The van der Waals surface area contributed by atoms with Gasteiger partial charge in [0.1, 0.15) is 10.7 Å². The maximum Gasteiger partial charge on any atom is 0.433 e. The molecule has 10 heteroatoms. The molecule has 1 aromatic carbocycles. The molecule has 0 bridgehead atoms. The maximum atomic E-state index is 10.8. The molecule has 2 aromatic heterocycles. The number of aromatic nitrogens is 3. The number of para-hydroxylation sites is 1. The molecule has 146 valence electrons. The van der Waals surface area contributed by atoms with Gasteiger partial charge in [0.15, 0.2) is 11.9 Å². The summed E-state index contributed by atoms with van der Waals surface area (Å²) < 4.78 is 11.2. The van der Waals surface area contributed by atoms with E-state index in [0.717, 1.165) is 11.3 Å². The number of nitro groups is 1. The summed E-state index contributed by atoms with van der Waals surface area (Å²) in [5.74, 6) is 0.999. The van der Waals surface area contributed by atoms with E-state index in [0.29, 0.717) is 28.2 Å². The Morgan fingerprint density at radius 2 is 2.14 bits per heavy atom. The van der Waals surface area contributed by atoms with Crippen molar-refractivity contribution in [2.24, 2.45) is 0 Å². The van der Waals surface area contributed by atoms with Crippen LogP contribution < -0.4 is 10.1 Å². The van der Waals surface area contributed by atoms with Crippen LogP contribution in [-0.4, -0.2) is 32.1 Å². The van der Waals surface area contributed by atoms with Crippen LogP contribution in [0.25, 0.3) is 17.3 Å². The van der Waals surface area contributed by atoms with Crippen LogP contribution in [0.1, 0.15) is 5.76 Å². The number of rotatable bonds is 6. The third-order valence-corrected chi connectivity index (χ3v) is 4.75. The third-order valence-electron chi connectivity index (χ3n) is 3.91. The number of thioether (sulfide) groups is 1. The van der Waals surface area contributed by atoms with E-state index in [1.165, 1.54) is 23.9 Å². The van der Waals surface area contributed by atoms with Gasteiger partial charge in [-0.1, -0.05) is 36.0 Å². The van der Waals surface area contributed by atoms with Gasteiger partial charge in [-0.2, -0.15) is 4.98 Å². The van der Waals surface area contributed by atoms with Gasteiger partial charge in [-0.25, -0.2) is 0 Å². The smallest absolute Gasteiger partial charge is 0.433 e. The highest BCUT2D eigenvalue weighted by Crippen LogP contribution is 2.36. The van der Waals surface area contributed by atoms with Crippen LogP contribution in [0.3, 0.4) is 0 Å². The lowest BCUT2D eigenvalue weighted by Gasteiger charge is -2.15. The number of nitrogens with one attached hydrogen (secondary N) is 1. The number of nitrogens with zero attached hydrogens (tertiary/aromatic N) is 4. The fourth-order valence-corrected chi connectivity index (χ4v) is 3.17. The van der Waals surface area contributed by atoms with E-state index in [4.69, 9.17) is 9.15 Å². The zero-order valence-electron chi connectivity index (χ0n) is 15.0. The highest BCUT2D eigenvalue weighted by atomic mass is 32.2. The van der Waals surface area contributed by atoms with Gasteiger partial charge in [0, 0.05) is 17.0 Å². The number of fused-ring (bicyclic) bond motifs is 3. The number of benzene rings is 1. The molecule has 3 heterocycles. The Morgan fingerprint density at radius 1 is 1.28 bits per heavy atom. The van der Waals surface area contributed by atoms with Crippen LogP contribution in [0, 0.1) is 10.1 Å². The number of furan rings is 1. The number of ether oxygens (including phenoxy) is 1. The molecule has 0 aliphatic carbocycles. The Hall–Kier alpha value is -3.66. The van der Waals surface area contributed by atoms with Gasteiger partial charge in [-0.15, -0.1) is 16.8 Å². The summed E-state index contributed by atoms with van der Waals surface area (Å²) in [7, 11) is 0. The van der Waals surface area contributed by atoms with Gasteiger partial charge < -0.3 is 14.5 Å². The Bertz CT molecular complexity index is 1100. The molecular formula is C19H15N5O4S. The van der Waals surface area contributed by atoms with E-state index >= 15 is 0 Å². The fourth-order valence-electron chi connectivity index (χ4n) is 2.66. The number of hydrogen-bond acceptors (Lipinski definition) is 9. The minimum absolute atomic E-state index is 0.323. The lowest BCUT2D eigenvalue weighted by atomic mass is 10.1. The van der Waals surface area contributed by atoms with Crippen LogP contribution >= 0.6 is 11.8 Å². The summed E-state index contributed by atoms with van der Waals surface area (Å²) in [6.07, 6.45) is 4.44. The topological polar surface area (TPSA) is 116 Å². The lowest BCUT2D eigenvalue weighted by molar-refractivity contribution is -0.402. The monoisotopic (exact) mass is 409 g/mol. The van der Waals surface area contributed by atoms with E-state index < -0.39 is 11.2 Å². The van der Waals surface area contributed by atoms with Crippen molar-refractivity contribution in [1.82, 2.24) is 15.2 Å². The SMILES string of the molecule is C=CCSc1nnc2c(n1)O[C@H](C=Cc1ccc([N+](=O)[O-])o1)Nc1ccccc1-2. The maximum absolute atomic E-state index is 10.8. The van der Waals surface area contributed by atoms with Crippen LogP contribution in [0.15, 0.2) is 64.7 Å². The molecule has 1 aliphatic heterocycles. The van der Waals surface area contributed by atoms with E-state index in [1.807, 2.05) is 24.3 Å². The minimum atomic E-state index is -0.601. The fraction of sp³-hybridized carbons (Fsp3) is 0.105. The summed E-state index contributed by atoms with van der Waals surface area (Å²) in [6.45, 7) is 3.69. The lowest BCUT2D eigenvalue weighted by Crippen LogP contribution is -2.23. The van der Waals surface area contributed by atoms with Gasteiger partial charge in [-0.3, -0.25) is 10.1 Å². The molecule has 0 saturated heterocycles. The molecule has 0 fully saturated rings. The standard InChI is InChI=1S/C19H15N5O4S/c1-2-11-29-19-21-18-17(22-23-19)13-5-3-4-6-14(13)20-15(28-18)9-7-12-8-10-16(27-12)24(25)26/h2-10,15,20H,1,11H2/t15-/m1/s1. The largest absolute Gasteiger partial charge is 0.448 e. The molecule has 0 unspecified atom stereocenters. The Morgan fingerprint density at radius 3 is 2.93 bits per heavy atom. The molecule has 0 radical (unpaired) electrons. The van der Waals surface area contributed by atoms with Gasteiger partial charge in [-0.05, 0) is 24.3 Å². The second kappa shape index (κ2) is 8.15. The van der Waals surface area contributed by atoms with Crippen molar-refractivity contribution < 1.29 is 14.1 Å². The summed E-state index contributed by atoms with van der Waals surface area (Å²) in [4.78, 5) is 14.7. The Labute approximate surface area is 169 Å². The van der Waals surface area contributed by atoms with E-state index in [9.17, 15) is 10.1 Å². The first-order chi connectivity index (χ1) is 14.1. The van der Waals surface area contributed by atoms with Gasteiger partial charge in [0.25, 0.3) is 0 Å². The predicted molar refractivity (Wildman–Crippen MR) is 109 cm³/mol. The van der Waals surface area contributed by atoms with Crippen LogP contribution in [-0.2, 0) is 0 Å². The van der Waals surface area contributed by atoms with Crippen LogP contribution in [0.4, 0.5) is 11.6 Å². The average molecular weight is 409 g/mol. The van der Waals surface area contributed by atoms with E-state index in [2.05, 4.69) is 27.1 Å². The Kier molecular flexibility index (Phi) is 5.25. The molecule has 3 aromatic rings. The van der Waals surface area contributed by atoms with Gasteiger partial charge in [0.2, 0.25) is 11.0 Å². The molecule has 1 atom stereocenters. The first-order valence-corrected chi connectivity index (χ1v) is 9.56. The molecular weight excluding hydrogens is 394 g/mol. The average Bonchev–Trinajstić information content (AvgIpc) is 3.14. The van der Waals surface area contributed by atoms with Crippen molar-refractivity contribution in [2.45, 2.75) is 11.4 Å². The number of hydrogen-bond donors (Lipinski definition) is 1. The molecule has 1 N–H and O–H groups in total. The highest BCUT2D eigenvalue weighted by molar-refractivity contribution is 7.99. The highest BCUT2D eigenvalue weighted by Gasteiger charge is 2.23. The predicted octanol–water partition coefficient (Wildman–Crippen LogP) is 4.16. The first kappa shape index (κ1) is 18.7. The van der Waals surface area contributed by atoms with Crippen molar-refractivity contribution >= 4 is 29.4 Å². The number of anilines is 1. The quantitative estimate of drug-likeness (QED) is 0.277. The molecule has 1 aliphatic rings. The minimum Gasteiger partial charge on any atom is -0.448 e. The summed E-state index contributed by atoms with van der Waals surface area (Å²) >= 11 is 1.40. The van der Waals surface area contributed by atoms with E-state index in [-0.39, 0.29) is 5.88 Å². The zero-order valence-corrected chi connectivity index (χ0v) is 15.8. The van der Waals surface area contributed by atoms with Gasteiger partial charge >= 0.3 is 5.88 Å². The first-order valence-electron chi connectivity index (χ1n) is 8.57. The van der Waals surface area contributed by atoms with Crippen LogP contribution in [0.2, 0.25) is 0 Å². The molecule has 0 amide bonds. The van der Waals surface area contributed by atoms with Crippen molar-refractivity contribution in [1.29, 1.82) is 0 Å². The molecule has 29 heavy (non-hydrogen) atoms. The molecule has 0 spiro atoms. The van der Waals surface area contributed by atoms with Gasteiger partial charge in [0.05, 0.1) is 6.07 Å². The second-order valence-electron chi connectivity index (χ2n) is 5.87. The Balaban J connectivity index is 1.66. The molecule has 0 saturated carbocycles. The van der Waals surface area contributed by atoms with Crippen molar-refractivity contribution in [3.63, 3.8) is 0 Å². The second-order valence-corrected chi connectivity index (χ2v) is 6.86.